The summed E-state index contributed by atoms with van der Waals surface area (Å²) in [5, 5.41) is 0. The number of rotatable bonds is 6. The van der Waals surface area contributed by atoms with Crippen LogP contribution in [0.5, 0.6) is 0 Å². The standard InChI is InChI=1S/C10H21IO2/c1-6-10(4,12-5)8-13-9(2,3)7-11/h6-8H2,1-5H3. The molecule has 1 atom stereocenters. The van der Waals surface area contributed by atoms with Gasteiger partial charge in [0.2, 0.25) is 0 Å². The zero-order valence-electron chi connectivity index (χ0n) is 9.32. The number of methoxy groups -OCH3 is 1. The van der Waals surface area contributed by atoms with Crippen LogP contribution in [0.2, 0.25) is 0 Å². The highest BCUT2D eigenvalue weighted by molar-refractivity contribution is 14.1. The first-order chi connectivity index (χ1) is 5.89. The highest BCUT2D eigenvalue weighted by Crippen LogP contribution is 2.20. The van der Waals surface area contributed by atoms with Crippen LogP contribution in [-0.2, 0) is 9.47 Å². The minimum Gasteiger partial charge on any atom is -0.376 e. The predicted octanol–water partition coefficient (Wildman–Crippen LogP) is 3.03. The minimum absolute atomic E-state index is 0.0461. The summed E-state index contributed by atoms with van der Waals surface area (Å²) in [5.74, 6) is 0. The number of alkyl halides is 1. The molecule has 0 aliphatic rings. The van der Waals surface area contributed by atoms with Gasteiger partial charge in [0.1, 0.15) is 0 Å². The molecule has 0 rings (SSSR count). The molecule has 0 N–H and O–H groups in total. The molecule has 2 nitrogen and oxygen atoms in total. The molecule has 0 fully saturated rings. The molecule has 0 saturated heterocycles. The van der Waals surface area contributed by atoms with Gasteiger partial charge in [-0.2, -0.15) is 0 Å². The van der Waals surface area contributed by atoms with E-state index in [2.05, 4.69) is 50.3 Å². The molecule has 3 heteroatoms. The van der Waals surface area contributed by atoms with E-state index in [4.69, 9.17) is 9.47 Å². The molecule has 0 aromatic heterocycles. The quantitative estimate of drug-likeness (QED) is 0.554. The first-order valence-corrected chi connectivity index (χ1v) is 6.17. The lowest BCUT2D eigenvalue weighted by molar-refractivity contribution is -0.107. The molecule has 0 heterocycles. The first-order valence-electron chi connectivity index (χ1n) is 4.64. The van der Waals surface area contributed by atoms with E-state index in [9.17, 15) is 0 Å². The molecule has 0 aromatic rings. The Kier molecular flexibility index (Phi) is 5.79. The van der Waals surface area contributed by atoms with Crippen LogP contribution in [0.25, 0.3) is 0 Å². The number of halogens is 1. The average molecular weight is 300 g/mol. The third-order valence-electron chi connectivity index (χ3n) is 2.33. The second kappa shape index (κ2) is 5.51. The van der Waals surface area contributed by atoms with Gasteiger partial charge in [-0.15, -0.1) is 0 Å². The Balaban J connectivity index is 3.99. The fourth-order valence-electron chi connectivity index (χ4n) is 0.692. The highest BCUT2D eigenvalue weighted by atomic mass is 127. The molecular formula is C10H21IO2. The third kappa shape index (κ3) is 5.18. The van der Waals surface area contributed by atoms with Crippen molar-refractivity contribution < 1.29 is 9.47 Å². The summed E-state index contributed by atoms with van der Waals surface area (Å²) in [4.78, 5) is 0. The third-order valence-corrected chi connectivity index (χ3v) is 4.17. The Labute approximate surface area is 95.5 Å². The topological polar surface area (TPSA) is 18.5 Å². The van der Waals surface area contributed by atoms with Crippen molar-refractivity contribution in [1.29, 1.82) is 0 Å². The van der Waals surface area contributed by atoms with Gasteiger partial charge in [0.25, 0.3) is 0 Å². The maximum absolute atomic E-state index is 5.79. The maximum Gasteiger partial charge on any atom is 0.0880 e. The van der Waals surface area contributed by atoms with Gasteiger partial charge in [-0.3, -0.25) is 0 Å². The summed E-state index contributed by atoms with van der Waals surface area (Å²) in [6.07, 6.45) is 0.973. The van der Waals surface area contributed by atoms with E-state index in [0.29, 0.717) is 6.61 Å². The van der Waals surface area contributed by atoms with Crippen molar-refractivity contribution in [3.8, 4) is 0 Å². The van der Waals surface area contributed by atoms with E-state index in [1.165, 1.54) is 0 Å². The second-order valence-corrected chi connectivity index (χ2v) is 4.95. The summed E-state index contributed by atoms with van der Waals surface area (Å²) in [6, 6.07) is 0. The smallest absolute Gasteiger partial charge is 0.0880 e. The largest absolute Gasteiger partial charge is 0.376 e. The zero-order chi connectivity index (χ0) is 10.5. The summed E-state index contributed by atoms with van der Waals surface area (Å²) in [7, 11) is 1.74. The van der Waals surface area contributed by atoms with E-state index in [0.717, 1.165) is 10.8 Å². The fraction of sp³-hybridized carbons (Fsp3) is 1.00. The van der Waals surface area contributed by atoms with Crippen molar-refractivity contribution >= 4 is 22.6 Å². The average Bonchev–Trinajstić information content (AvgIpc) is 2.14. The molecule has 1 unspecified atom stereocenters. The Hall–Kier alpha value is 0.650. The zero-order valence-corrected chi connectivity index (χ0v) is 11.5. The molecule has 0 bridgehead atoms. The molecule has 0 aromatic carbocycles. The molecule has 0 radical (unpaired) electrons. The molecule has 0 saturated carbocycles. The van der Waals surface area contributed by atoms with Crippen molar-refractivity contribution in [2.45, 2.75) is 45.3 Å². The van der Waals surface area contributed by atoms with Crippen molar-refractivity contribution in [1.82, 2.24) is 0 Å². The van der Waals surface area contributed by atoms with Crippen molar-refractivity contribution in [3.63, 3.8) is 0 Å². The molecule has 0 aliphatic carbocycles. The molecule has 80 valence electrons. The Morgan fingerprint density at radius 3 is 2.08 bits per heavy atom. The van der Waals surface area contributed by atoms with Crippen LogP contribution in [0.15, 0.2) is 0 Å². The van der Waals surface area contributed by atoms with Crippen LogP contribution in [0.3, 0.4) is 0 Å². The Morgan fingerprint density at radius 1 is 1.23 bits per heavy atom. The van der Waals surface area contributed by atoms with Gasteiger partial charge in [-0.25, -0.2) is 0 Å². The fourth-order valence-corrected chi connectivity index (χ4v) is 0.912. The number of hydrogen-bond donors (Lipinski definition) is 0. The van der Waals surface area contributed by atoms with Crippen molar-refractivity contribution in [3.05, 3.63) is 0 Å². The first kappa shape index (κ1) is 13.7. The molecule has 13 heavy (non-hydrogen) atoms. The van der Waals surface area contributed by atoms with E-state index in [1.54, 1.807) is 7.11 Å². The van der Waals surface area contributed by atoms with E-state index in [1.807, 2.05) is 0 Å². The summed E-state index contributed by atoms with van der Waals surface area (Å²) < 4.78 is 12.2. The van der Waals surface area contributed by atoms with E-state index < -0.39 is 0 Å². The lowest BCUT2D eigenvalue weighted by atomic mass is 10.0. The Morgan fingerprint density at radius 2 is 1.77 bits per heavy atom. The van der Waals surface area contributed by atoms with Crippen LogP contribution < -0.4 is 0 Å². The van der Waals surface area contributed by atoms with Gasteiger partial charge < -0.3 is 9.47 Å². The molecule has 0 spiro atoms. The van der Waals surface area contributed by atoms with Gasteiger partial charge >= 0.3 is 0 Å². The Bertz CT molecular complexity index is 142. The van der Waals surface area contributed by atoms with Gasteiger partial charge in [0, 0.05) is 11.5 Å². The number of hydrogen-bond acceptors (Lipinski definition) is 2. The minimum atomic E-state index is -0.136. The van der Waals surface area contributed by atoms with E-state index in [-0.39, 0.29) is 11.2 Å². The predicted molar refractivity (Wildman–Crippen MR) is 64.6 cm³/mol. The van der Waals surface area contributed by atoms with Crippen LogP contribution in [-0.4, -0.2) is 29.3 Å². The van der Waals surface area contributed by atoms with Gasteiger partial charge in [0.15, 0.2) is 0 Å². The van der Waals surface area contributed by atoms with Crippen LogP contribution >= 0.6 is 22.6 Å². The van der Waals surface area contributed by atoms with Gasteiger partial charge in [-0.1, -0.05) is 29.5 Å². The monoisotopic (exact) mass is 300 g/mol. The molecule has 0 aliphatic heterocycles. The molecular weight excluding hydrogens is 279 g/mol. The second-order valence-electron chi connectivity index (χ2n) is 4.19. The van der Waals surface area contributed by atoms with Gasteiger partial charge in [0.05, 0.1) is 17.8 Å². The highest BCUT2D eigenvalue weighted by Gasteiger charge is 2.26. The summed E-state index contributed by atoms with van der Waals surface area (Å²) >= 11 is 2.34. The number of ether oxygens (including phenoxy) is 2. The molecule has 0 amide bonds. The lowest BCUT2D eigenvalue weighted by Crippen LogP contribution is -2.38. The van der Waals surface area contributed by atoms with E-state index >= 15 is 0 Å². The van der Waals surface area contributed by atoms with Crippen molar-refractivity contribution in [2.75, 3.05) is 18.1 Å². The van der Waals surface area contributed by atoms with Crippen LogP contribution in [0, 0.1) is 0 Å². The van der Waals surface area contributed by atoms with Gasteiger partial charge in [-0.05, 0) is 27.2 Å². The maximum atomic E-state index is 5.79. The lowest BCUT2D eigenvalue weighted by Gasteiger charge is -2.31. The van der Waals surface area contributed by atoms with Crippen LogP contribution in [0.1, 0.15) is 34.1 Å². The summed E-state index contributed by atoms with van der Waals surface area (Å²) in [5.41, 5.74) is -0.182. The summed E-state index contributed by atoms with van der Waals surface area (Å²) in [6.45, 7) is 9.06. The SMILES string of the molecule is CCC(C)(COC(C)(C)CI)OC. The normalized spacial score (nSPS) is 17.1. The van der Waals surface area contributed by atoms with Crippen molar-refractivity contribution in [2.24, 2.45) is 0 Å². The van der Waals surface area contributed by atoms with Crippen LogP contribution in [0.4, 0.5) is 0 Å².